The van der Waals surface area contributed by atoms with E-state index in [1.165, 1.54) is 18.2 Å². The van der Waals surface area contributed by atoms with Crippen LogP contribution < -0.4 is 10.1 Å². The van der Waals surface area contributed by atoms with Crippen LogP contribution in [-0.2, 0) is 19.1 Å². The van der Waals surface area contributed by atoms with Crippen molar-refractivity contribution in [3.05, 3.63) is 48.1 Å². The monoisotopic (exact) mass is 599 g/mol. The first-order valence-corrected chi connectivity index (χ1v) is 15.6. The van der Waals surface area contributed by atoms with E-state index >= 15 is 8.78 Å². The van der Waals surface area contributed by atoms with E-state index in [1.807, 2.05) is 39.8 Å². The van der Waals surface area contributed by atoms with E-state index in [-0.39, 0.29) is 42.6 Å². The number of ether oxygens (including phenoxy) is 3. The number of halogens is 2. The van der Waals surface area contributed by atoms with E-state index in [4.69, 9.17) is 14.2 Å². The maximum atomic E-state index is 17.6. The predicted octanol–water partition coefficient (Wildman–Crippen LogP) is 5.66. The van der Waals surface area contributed by atoms with Crippen LogP contribution in [0.5, 0.6) is 5.75 Å². The standard InChI is InChI=1S/C34H43F2NO6/c1-6-7-30-42-29-16-23-24-15-26(35)25-14-21(38)12-13-31(25,4)33(24,36)27(39)17-32(23,5)34(29,43-30)28(40)18-41-22-10-8-20(9-11-22)37-19(2)3/h8-14,19,23-24,26-27,29-30,37,39H,6-7,15-18H2,1-5H3/t23-,24-,26-,27-,29+,30-,31-,32-,33-,34+/m0/s1. The number of ketones is 2. The highest BCUT2D eigenvalue weighted by Gasteiger charge is 2.80. The fraction of sp³-hybridized carbons (Fsp3) is 0.647. The lowest BCUT2D eigenvalue weighted by Gasteiger charge is -2.63. The summed E-state index contributed by atoms with van der Waals surface area (Å²) < 4.78 is 52.4. The maximum absolute atomic E-state index is 17.6. The maximum Gasteiger partial charge on any atom is 0.205 e. The Morgan fingerprint density at radius 3 is 2.58 bits per heavy atom. The number of aliphatic hydroxyl groups is 1. The number of nitrogens with one attached hydrogen (secondary N) is 1. The number of hydrogen-bond donors (Lipinski definition) is 2. The minimum atomic E-state index is -2.24. The summed E-state index contributed by atoms with van der Waals surface area (Å²) in [5.74, 6) is -1.63. The molecular formula is C34H43F2NO6. The van der Waals surface area contributed by atoms with Crippen molar-refractivity contribution in [2.24, 2.45) is 22.7 Å². The van der Waals surface area contributed by atoms with Gasteiger partial charge < -0.3 is 24.6 Å². The lowest BCUT2D eigenvalue weighted by Crippen LogP contribution is -2.71. The van der Waals surface area contributed by atoms with Crippen LogP contribution in [0, 0.1) is 22.7 Å². The van der Waals surface area contributed by atoms with Gasteiger partial charge in [0.2, 0.25) is 5.78 Å². The van der Waals surface area contributed by atoms with Crippen LogP contribution in [-0.4, -0.2) is 65.3 Å². The second-order valence-corrected chi connectivity index (χ2v) is 13.8. The summed E-state index contributed by atoms with van der Waals surface area (Å²) in [6.07, 6.45) is 0.853. The van der Waals surface area contributed by atoms with Gasteiger partial charge in [-0.15, -0.1) is 0 Å². The Balaban J connectivity index is 1.33. The number of hydrogen-bond acceptors (Lipinski definition) is 7. The van der Waals surface area contributed by atoms with Crippen molar-refractivity contribution in [1.29, 1.82) is 0 Å². The van der Waals surface area contributed by atoms with Crippen LogP contribution in [0.15, 0.2) is 48.1 Å². The van der Waals surface area contributed by atoms with E-state index in [9.17, 15) is 14.7 Å². The molecule has 5 aliphatic rings. The Bertz CT molecular complexity index is 1350. The highest BCUT2D eigenvalue weighted by Crippen LogP contribution is 2.72. The van der Waals surface area contributed by atoms with E-state index in [0.29, 0.717) is 18.6 Å². The summed E-state index contributed by atoms with van der Waals surface area (Å²) in [5.41, 5.74) is -5.26. The molecule has 1 aromatic carbocycles. The number of benzene rings is 1. The molecule has 0 aromatic heterocycles. The first-order chi connectivity index (χ1) is 20.3. The number of carbonyl (C=O) groups is 2. The molecule has 234 valence electrons. The lowest BCUT2D eigenvalue weighted by molar-refractivity contribution is -0.234. The molecule has 4 aliphatic carbocycles. The van der Waals surface area contributed by atoms with Crippen LogP contribution in [0.2, 0.25) is 0 Å². The van der Waals surface area contributed by atoms with Crippen LogP contribution in [0.3, 0.4) is 0 Å². The third kappa shape index (κ3) is 4.28. The van der Waals surface area contributed by atoms with Crippen molar-refractivity contribution in [2.45, 2.75) is 109 Å². The molecule has 0 spiro atoms. The first kappa shape index (κ1) is 30.4. The van der Waals surface area contributed by atoms with Gasteiger partial charge in [0.15, 0.2) is 23.3 Å². The normalized spacial score (nSPS) is 43.0. The molecule has 1 heterocycles. The molecule has 0 radical (unpaired) electrons. The van der Waals surface area contributed by atoms with Crippen molar-refractivity contribution in [2.75, 3.05) is 11.9 Å². The zero-order valence-electron chi connectivity index (χ0n) is 25.6. The van der Waals surface area contributed by atoms with Gasteiger partial charge in [-0.05, 0) is 94.4 Å². The minimum Gasteiger partial charge on any atom is -0.486 e. The van der Waals surface area contributed by atoms with Crippen molar-refractivity contribution < 1.29 is 37.7 Å². The Kier molecular flexibility index (Phi) is 7.41. The summed E-state index contributed by atoms with van der Waals surface area (Å²) in [6.45, 7) is 9.24. The second-order valence-electron chi connectivity index (χ2n) is 13.8. The van der Waals surface area contributed by atoms with E-state index in [1.54, 1.807) is 19.1 Å². The molecule has 7 nitrogen and oxygen atoms in total. The zero-order chi connectivity index (χ0) is 30.9. The molecule has 43 heavy (non-hydrogen) atoms. The molecule has 10 atom stereocenters. The van der Waals surface area contributed by atoms with Gasteiger partial charge in [0.25, 0.3) is 0 Å². The number of allylic oxidation sites excluding steroid dienone is 4. The summed E-state index contributed by atoms with van der Waals surface area (Å²) >= 11 is 0. The molecule has 0 amide bonds. The third-order valence-electron chi connectivity index (χ3n) is 11.0. The molecule has 1 saturated heterocycles. The molecule has 1 aliphatic heterocycles. The highest BCUT2D eigenvalue weighted by atomic mass is 19.1. The highest BCUT2D eigenvalue weighted by molar-refractivity contribution is 6.01. The van der Waals surface area contributed by atoms with Gasteiger partial charge in [-0.2, -0.15) is 0 Å². The Morgan fingerprint density at radius 2 is 1.91 bits per heavy atom. The summed E-state index contributed by atoms with van der Waals surface area (Å²) in [4.78, 5) is 26.5. The number of carbonyl (C=O) groups excluding carboxylic acids is 2. The molecule has 3 saturated carbocycles. The van der Waals surface area contributed by atoms with Gasteiger partial charge in [0.05, 0.1) is 12.2 Å². The van der Waals surface area contributed by atoms with Crippen LogP contribution in [0.1, 0.15) is 66.7 Å². The molecular weight excluding hydrogens is 556 g/mol. The van der Waals surface area contributed by atoms with Crippen LogP contribution in [0.4, 0.5) is 14.5 Å². The fourth-order valence-electron chi connectivity index (χ4n) is 9.12. The number of alkyl halides is 2. The third-order valence-corrected chi connectivity index (χ3v) is 11.0. The average molecular weight is 600 g/mol. The number of fused-ring (bicyclic) bond motifs is 7. The van der Waals surface area contributed by atoms with E-state index < -0.39 is 58.6 Å². The minimum absolute atomic E-state index is 0.0731. The van der Waals surface area contributed by atoms with Crippen LogP contribution in [0.25, 0.3) is 0 Å². The number of Topliss-reactive ketones (excluding diaryl/α,β-unsaturated/α-hetero) is 1. The topological polar surface area (TPSA) is 94.1 Å². The van der Waals surface area contributed by atoms with Crippen molar-refractivity contribution in [3.63, 3.8) is 0 Å². The first-order valence-electron chi connectivity index (χ1n) is 15.6. The summed E-state index contributed by atoms with van der Waals surface area (Å²) in [5, 5.41) is 15.0. The fourth-order valence-corrected chi connectivity index (χ4v) is 9.12. The molecule has 1 aromatic rings. The predicted molar refractivity (Wildman–Crippen MR) is 157 cm³/mol. The molecule has 0 unspecified atom stereocenters. The largest absolute Gasteiger partial charge is 0.486 e. The Morgan fingerprint density at radius 1 is 1.19 bits per heavy atom. The van der Waals surface area contributed by atoms with Crippen molar-refractivity contribution in [1.82, 2.24) is 0 Å². The van der Waals surface area contributed by atoms with E-state index in [2.05, 4.69) is 5.32 Å². The molecule has 9 heteroatoms. The van der Waals surface area contributed by atoms with Gasteiger partial charge in [0.1, 0.15) is 18.5 Å². The molecule has 2 N–H and O–H groups in total. The summed E-state index contributed by atoms with van der Waals surface area (Å²) in [7, 11) is 0. The molecule has 6 rings (SSSR count). The Hall–Kier alpha value is -2.62. The smallest absolute Gasteiger partial charge is 0.205 e. The SMILES string of the molecule is CCC[C@H]1O[C@@H]2C[C@H]3[C@@H]4C[C@H](F)C5=CC(=O)C=C[C@]5(C)[C@@]4(F)[C@@H](O)C[C@]3(C)[C@]2(C(=O)COc2ccc(NC(C)C)cc2)O1. The average Bonchev–Trinajstić information content (AvgIpc) is 3.43. The lowest BCUT2D eigenvalue weighted by atomic mass is 9.44. The van der Waals surface area contributed by atoms with Gasteiger partial charge in [-0.25, -0.2) is 8.78 Å². The number of anilines is 1. The second kappa shape index (κ2) is 10.5. The zero-order valence-corrected chi connectivity index (χ0v) is 25.6. The van der Waals surface area contributed by atoms with Gasteiger partial charge in [-0.1, -0.05) is 26.3 Å². The number of rotatable bonds is 8. The van der Waals surface area contributed by atoms with E-state index in [0.717, 1.165) is 12.1 Å². The van der Waals surface area contributed by atoms with Crippen molar-refractivity contribution in [3.8, 4) is 5.75 Å². The van der Waals surface area contributed by atoms with Gasteiger partial charge >= 0.3 is 0 Å². The quantitative estimate of drug-likeness (QED) is 0.398. The summed E-state index contributed by atoms with van der Waals surface area (Å²) in [6, 6.07) is 7.61. The molecule has 0 bridgehead atoms. The van der Waals surface area contributed by atoms with Crippen molar-refractivity contribution >= 4 is 17.3 Å². The van der Waals surface area contributed by atoms with Gasteiger partial charge in [0, 0.05) is 28.5 Å². The van der Waals surface area contributed by atoms with Gasteiger partial charge in [-0.3, -0.25) is 9.59 Å². The Labute approximate surface area is 252 Å². The molecule has 4 fully saturated rings. The number of aliphatic hydroxyl groups excluding tert-OH is 1. The van der Waals surface area contributed by atoms with Crippen LogP contribution >= 0.6 is 0 Å².